The summed E-state index contributed by atoms with van der Waals surface area (Å²) in [6.45, 7) is 0. The Morgan fingerprint density at radius 2 is 1.02 bits per heavy atom. The molecule has 0 atom stereocenters. The summed E-state index contributed by atoms with van der Waals surface area (Å²) in [7, 11) is 0. The van der Waals surface area contributed by atoms with Crippen molar-refractivity contribution in [2.75, 3.05) is 0 Å². The highest BCUT2D eigenvalue weighted by atomic mass is 16.3. The van der Waals surface area contributed by atoms with Crippen LogP contribution in [0.2, 0.25) is 0 Å². The average Bonchev–Trinajstić information content (AvgIpc) is 3.51. The minimum Gasteiger partial charge on any atom is -0.456 e. The number of para-hydroxylation sites is 1. The Morgan fingerprint density at radius 1 is 0.356 bits per heavy atom. The fourth-order valence-electron chi connectivity index (χ4n) is 6.40. The highest BCUT2D eigenvalue weighted by molar-refractivity contribution is 6.21. The van der Waals surface area contributed by atoms with Gasteiger partial charge in [-0.25, -0.2) is 15.0 Å². The summed E-state index contributed by atoms with van der Waals surface area (Å²) in [5, 5.41) is 6.88. The van der Waals surface area contributed by atoms with Crippen molar-refractivity contribution in [1.29, 1.82) is 0 Å². The number of benzene rings is 7. The molecule has 9 rings (SSSR count). The lowest BCUT2D eigenvalue weighted by atomic mass is 9.92. The van der Waals surface area contributed by atoms with Crippen LogP contribution in [0.4, 0.5) is 0 Å². The Balaban J connectivity index is 1.28. The number of nitrogens with zero attached hydrogens (tertiary/aromatic N) is 3. The summed E-state index contributed by atoms with van der Waals surface area (Å²) in [4.78, 5) is 15.2. The van der Waals surface area contributed by atoms with Gasteiger partial charge in [-0.15, -0.1) is 0 Å². The van der Waals surface area contributed by atoms with E-state index in [0.717, 1.165) is 65.9 Å². The van der Waals surface area contributed by atoms with Gasteiger partial charge in [0.1, 0.15) is 11.2 Å². The second-order valence-corrected chi connectivity index (χ2v) is 11.2. The monoisotopic (exact) mass is 575 g/mol. The quantitative estimate of drug-likeness (QED) is 0.209. The topological polar surface area (TPSA) is 51.8 Å². The van der Waals surface area contributed by atoms with Crippen molar-refractivity contribution in [2.45, 2.75) is 0 Å². The van der Waals surface area contributed by atoms with Crippen LogP contribution >= 0.6 is 0 Å². The van der Waals surface area contributed by atoms with E-state index < -0.39 is 0 Å². The standard InChI is InChI=1S/C41H25N3O/c1-2-12-27(13-3-1)39-42-40(29-22-21-26-11-4-5-14-28(26)25-29)44-41(43-39)34-16-7-6-15-31(34)30-18-10-19-33-32(30)23-24-37-38(33)35-17-8-9-20-36(35)45-37/h1-25H. The Morgan fingerprint density at radius 3 is 1.91 bits per heavy atom. The highest BCUT2D eigenvalue weighted by Gasteiger charge is 2.18. The van der Waals surface area contributed by atoms with Crippen LogP contribution in [-0.2, 0) is 0 Å². The van der Waals surface area contributed by atoms with Gasteiger partial charge in [0.05, 0.1) is 0 Å². The van der Waals surface area contributed by atoms with Crippen molar-refractivity contribution in [3.8, 4) is 45.3 Å². The van der Waals surface area contributed by atoms with Gasteiger partial charge in [-0.3, -0.25) is 0 Å². The third-order valence-corrected chi connectivity index (χ3v) is 8.53. The smallest absolute Gasteiger partial charge is 0.164 e. The van der Waals surface area contributed by atoms with Crippen LogP contribution in [0.15, 0.2) is 156 Å². The zero-order valence-electron chi connectivity index (χ0n) is 24.2. The van der Waals surface area contributed by atoms with E-state index in [1.807, 2.05) is 48.5 Å². The molecule has 45 heavy (non-hydrogen) atoms. The number of hydrogen-bond acceptors (Lipinski definition) is 4. The summed E-state index contributed by atoms with van der Waals surface area (Å²) in [6, 6.07) is 52.2. The Kier molecular flexibility index (Phi) is 5.78. The predicted octanol–water partition coefficient (Wildman–Crippen LogP) is 10.7. The third-order valence-electron chi connectivity index (χ3n) is 8.53. The summed E-state index contributed by atoms with van der Waals surface area (Å²) < 4.78 is 6.21. The molecule has 0 aliphatic heterocycles. The summed E-state index contributed by atoms with van der Waals surface area (Å²) in [5.74, 6) is 1.92. The van der Waals surface area contributed by atoms with E-state index >= 15 is 0 Å². The normalized spacial score (nSPS) is 11.6. The summed E-state index contributed by atoms with van der Waals surface area (Å²) in [6.07, 6.45) is 0. The minimum absolute atomic E-state index is 0.634. The molecule has 210 valence electrons. The molecule has 2 heterocycles. The van der Waals surface area contributed by atoms with Crippen molar-refractivity contribution in [2.24, 2.45) is 0 Å². The van der Waals surface area contributed by atoms with Crippen LogP contribution in [0.3, 0.4) is 0 Å². The number of hydrogen-bond donors (Lipinski definition) is 0. The molecule has 0 unspecified atom stereocenters. The van der Waals surface area contributed by atoms with Crippen LogP contribution in [0.5, 0.6) is 0 Å². The van der Waals surface area contributed by atoms with Gasteiger partial charge in [0.15, 0.2) is 17.5 Å². The fourth-order valence-corrected chi connectivity index (χ4v) is 6.40. The molecule has 0 bridgehead atoms. The van der Waals surface area contributed by atoms with E-state index in [9.17, 15) is 0 Å². The van der Waals surface area contributed by atoms with Gasteiger partial charge in [-0.1, -0.05) is 133 Å². The lowest BCUT2D eigenvalue weighted by Gasteiger charge is -2.14. The van der Waals surface area contributed by atoms with Gasteiger partial charge >= 0.3 is 0 Å². The van der Waals surface area contributed by atoms with E-state index in [4.69, 9.17) is 19.4 Å². The third kappa shape index (κ3) is 4.27. The molecule has 0 fully saturated rings. The second kappa shape index (κ2) is 10.2. The largest absolute Gasteiger partial charge is 0.456 e. The van der Waals surface area contributed by atoms with Crippen molar-refractivity contribution in [3.63, 3.8) is 0 Å². The maximum absolute atomic E-state index is 6.21. The molecule has 4 nitrogen and oxygen atoms in total. The number of rotatable bonds is 4. The average molecular weight is 576 g/mol. The van der Waals surface area contributed by atoms with E-state index in [0.29, 0.717) is 17.5 Å². The molecule has 0 N–H and O–H groups in total. The second-order valence-electron chi connectivity index (χ2n) is 11.2. The van der Waals surface area contributed by atoms with Crippen LogP contribution in [0.25, 0.3) is 88.8 Å². The first-order chi connectivity index (χ1) is 22.3. The molecule has 0 aliphatic rings. The van der Waals surface area contributed by atoms with E-state index in [1.165, 1.54) is 5.39 Å². The van der Waals surface area contributed by atoms with Gasteiger partial charge in [0.2, 0.25) is 0 Å². The molecule has 2 aromatic heterocycles. The molecule has 0 amide bonds. The van der Waals surface area contributed by atoms with E-state index in [-0.39, 0.29) is 0 Å². The Bertz CT molecular complexity index is 2550. The van der Waals surface area contributed by atoms with Gasteiger partial charge in [-0.2, -0.15) is 0 Å². The maximum atomic E-state index is 6.21. The fraction of sp³-hybridized carbons (Fsp3) is 0. The first kappa shape index (κ1) is 25.4. The molecule has 0 aliphatic carbocycles. The van der Waals surface area contributed by atoms with Gasteiger partial charge in [0, 0.05) is 27.5 Å². The molecular weight excluding hydrogens is 550 g/mol. The van der Waals surface area contributed by atoms with Gasteiger partial charge in [0.25, 0.3) is 0 Å². The molecule has 0 spiro atoms. The molecule has 4 heteroatoms. The van der Waals surface area contributed by atoms with Crippen molar-refractivity contribution in [3.05, 3.63) is 152 Å². The first-order valence-corrected chi connectivity index (χ1v) is 15.0. The highest BCUT2D eigenvalue weighted by Crippen LogP contribution is 2.40. The lowest BCUT2D eigenvalue weighted by Crippen LogP contribution is -2.01. The zero-order valence-corrected chi connectivity index (χ0v) is 24.2. The van der Waals surface area contributed by atoms with Crippen molar-refractivity contribution >= 4 is 43.5 Å². The summed E-state index contributed by atoms with van der Waals surface area (Å²) in [5.41, 5.74) is 6.80. The predicted molar refractivity (Wildman–Crippen MR) is 184 cm³/mol. The SMILES string of the molecule is c1ccc(-c2nc(-c3ccc4ccccc4c3)nc(-c3ccccc3-c3cccc4c3ccc3oc5ccccc5c34)n2)cc1. The molecule has 0 saturated heterocycles. The molecule has 0 saturated carbocycles. The maximum Gasteiger partial charge on any atom is 0.164 e. The van der Waals surface area contributed by atoms with E-state index in [1.54, 1.807) is 0 Å². The minimum atomic E-state index is 0.634. The Hall–Kier alpha value is -6.13. The van der Waals surface area contributed by atoms with Gasteiger partial charge in [-0.05, 0) is 50.9 Å². The van der Waals surface area contributed by atoms with Crippen molar-refractivity contribution < 1.29 is 4.42 Å². The molecular formula is C41H25N3O. The lowest BCUT2D eigenvalue weighted by molar-refractivity contribution is 0.669. The number of aromatic nitrogens is 3. The Labute approximate surface area is 259 Å². The van der Waals surface area contributed by atoms with Crippen LogP contribution in [0, 0.1) is 0 Å². The van der Waals surface area contributed by atoms with Crippen molar-refractivity contribution in [1.82, 2.24) is 15.0 Å². The zero-order chi connectivity index (χ0) is 29.7. The van der Waals surface area contributed by atoms with Crippen LogP contribution in [-0.4, -0.2) is 15.0 Å². The van der Waals surface area contributed by atoms with E-state index in [2.05, 4.69) is 103 Å². The molecule has 0 radical (unpaired) electrons. The first-order valence-electron chi connectivity index (χ1n) is 15.0. The number of furan rings is 1. The van der Waals surface area contributed by atoms with Crippen LogP contribution < -0.4 is 0 Å². The van der Waals surface area contributed by atoms with Gasteiger partial charge < -0.3 is 4.42 Å². The molecule has 7 aromatic carbocycles. The number of fused-ring (bicyclic) bond motifs is 6. The molecule has 9 aromatic rings. The van der Waals surface area contributed by atoms with Crippen LogP contribution in [0.1, 0.15) is 0 Å². The summed E-state index contributed by atoms with van der Waals surface area (Å²) >= 11 is 0.